The SMILES string of the molecule is Cc1cc(C(CC(=O)O)C(F)F)on1. The van der Waals surface area contributed by atoms with E-state index >= 15 is 0 Å². The van der Waals surface area contributed by atoms with Crippen LogP contribution in [0.25, 0.3) is 0 Å². The van der Waals surface area contributed by atoms with Gasteiger partial charge in [-0.2, -0.15) is 0 Å². The van der Waals surface area contributed by atoms with Gasteiger partial charge in [0.25, 0.3) is 0 Å². The van der Waals surface area contributed by atoms with Crippen LogP contribution in [0.15, 0.2) is 10.6 Å². The zero-order chi connectivity index (χ0) is 10.7. The maximum Gasteiger partial charge on any atom is 0.304 e. The Hall–Kier alpha value is -1.46. The highest BCUT2D eigenvalue weighted by Gasteiger charge is 2.28. The van der Waals surface area contributed by atoms with E-state index in [2.05, 4.69) is 9.68 Å². The summed E-state index contributed by atoms with van der Waals surface area (Å²) in [5, 5.41) is 11.8. The smallest absolute Gasteiger partial charge is 0.304 e. The lowest BCUT2D eigenvalue weighted by Gasteiger charge is -2.08. The highest BCUT2D eigenvalue weighted by molar-refractivity contribution is 5.67. The van der Waals surface area contributed by atoms with Crippen molar-refractivity contribution < 1.29 is 23.2 Å². The van der Waals surface area contributed by atoms with E-state index < -0.39 is 24.7 Å². The number of aryl methyl sites for hydroxylation is 1. The molecule has 0 aromatic carbocycles. The molecule has 0 aliphatic heterocycles. The lowest BCUT2D eigenvalue weighted by atomic mass is 10.0. The third-order valence-electron chi connectivity index (χ3n) is 1.71. The molecule has 6 heteroatoms. The van der Waals surface area contributed by atoms with Gasteiger partial charge in [-0.3, -0.25) is 4.79 Å². The van der Waals surface area contributed by atoms with Crippen LogP contribution in [0.2, 0.25) is 0 Å². The van der Waals surface area contributed by atoms with Gasteiger partial charge in [0.2, 0.25) is 6.43 Å². The number of aromatic nitrogens is 1. The molecule has 78 valence electrons. The molecule has 1 rings (SSSR count). The third-order valence-corrected chi connectivity index (χ3v) is 1.71. The molecule has 0 aliphatic carbocycles. The largest absolute Gasteiger partial charge is 0.481 e. The fourth-order valence-corrected chi connectivity index (χ4v) is 1.06. The van der Waals surface area contributed by atoms with Gasteiger partial charge in [-0.25, -0.2) is 8.78 Å². The van der Waals surface area contributed by atoms with Crippen molar-refractivity contribution >= 4 is 5.97 Å². The molecule has 1 unspecified atom stereocenters. The zero-order valence-electron chi connectivity index (χ0n) is 7.41. The quantitative estimate of drug-likeness (QED) is 0.814. The van der Waals surface area contributed by atoms with E-state index in [1.54, 1.807) is 6.92 Å². The number of aliphatic carboxylic acids is 1. The highest BCUT2D eigenvalue weighted by Crippen LogP contribution is 2.27. The molecule has 1 aromatic rings. The second-order valence-corrected chi connectivity index (χ2v) is 2.91. The second kappa shape index (κ2) is 4.17. The monoisotopic (exact) mass is 205 g/mol. The molecule has 0 saturated carbocycles. The van der Waals surface area contributed by atoms with Crippen molar-refractivity contribution in [3.8, 4) is 0 Å². The summed E-state index contributed by atoms with van der Waals surface area (Å²) in [4.78, 5) is 10.3. The number of alkyl halides is 2. The molecular weight excluding hydrogens is 196 g/mol. The number of carboxylic acids is 1. The van der Waals surface area contributed by atoms with Gasteiger partial charge in [-0.1, -0.05) is 5.16 Å². The average Bonchev–Trinajstić information content (AvgIpc) is 2.46. The molecule has 14 heavy (non-hydrogen) atoms. The van der Waals surface area contributed by atoms with E-state index in [0.717, 1.165) is 0 Å². The molecule has 0 radical (unpaired) electrons. The summed E-state index contributed by atoms with van der Waals surface area (Å²) >= 11 is 0. The van der Waals surface area contributed by atoms with Crippen molar-refractivity contribution in [3.05, 3.63) is 17.5 Å². The number of hydrogen-bond acceptors (Lipinski definition) is 3. The van der Waals surface area contributed by atoms with Gasteiger partial charge >= 0.3 is 5.97 Å². The molecule has 1 atom stereocenters. The standard InChI is InChI=1S/C8H9F2NO3/c1-4-2-6(14-11-4)5(8(9)10)3-7(12)13/h2,5,8H,3H2,1H3,(H,12,13). The Morgan fingerprint density at radius 2 is 2.36 bits per heavy atom. The maximum absolute atomic E-state index is 12.4. The first-order valence-electron chi connectivity index (χ1n) is 3.94. The van der Waals surface area contributed by atoms with Crippen molar-refractivity contribution in [1.29, 1.82) is 0 Å². The summed E-state index contributed by atoms with van der Waals surface area (Å²) in [6.07, 6.45) is -3.43. The van der Waals surface area contributed by atoms with Gasteiger partial charge in [-0.15, -0.1) is 0 Å². The first kappa shape index (κ1) is 10.6. The lowest BCUT2D eigenvalue weighted by molar-refractivity contribution is -0.138. The third kappa shape index (κ3) is 2.51. The molecule has 4 nitrogen and oxygen atoms in total. The van der Waals surface area contributed by atoms with Gasteiger partial charge in [0.05, 0.1) is 18.0 Å². The van der Waals surface area contributed by atoms with E-state index in [-0.39, 0.29) is 5.76 Å². The number of rotatable bonds is 4. The molecule has 0 saturated heterocycles. The molecular formula is C8H9F2NO3. The minimum Gasteiger partial charge on any atom is -0.481 e. The van der Waals surface area contributed by atoms with Crippen LogP contribution in [0, 0.1) is 6.92 Å². The number of carbonyl (C=O) groups is 1. The summed E-state index contributed by atoms with van der Waals surface area (Å²) in [6, 6.07) is 1.32. The van der Waals surface area contributed by atoms with Crippen molar-refractivity contribution in [2.45, 2.75) is 25.7 Å². The van der Waals surface area contributed by atoms with Crippen LogP contribution < -0.4 is 0 Å². The van der Waals surface area contributed by atoms with Crippen LogP contribution in [-0.4, -0.2) is 22.7 Å². The van der Waals surface area contributed by atoms with Crippen LogP contribution in [-0.2, 0) is 4.79 Å². The molecule has 1 N–H and O–H groups in total. The second-order valence-electron chi connectivity index (χ2n) is 2.91. The van der Waals surface area contributed by atoms with E-state index in [0.29, 0.717) is 5.69 Å². The van der Waals surface area contributed by atoms with Crippen LogP contribution in [0.5, 0.6) is 0 Å². The predicted molar refractivity (Wildman–Crippen MR) is 42.2 cm³/mol. The van der Waals surface area contributed by atoms with Crippen LogP contribution in [0.3, 0.4) is 0 Å². The molecule has 0 fully saturated rings. The van der Waals surface area contributed by atoms with Crippen molar-refractivity contribution in [3.63, 3.8) is 0 Å². The number of halogens is 2. The highest BCUT2D eigenvalue weighted by atomic mass is 19.3. The van der Waals surface area contributed by atoms with Gasteiger partial charge < -0.3 is 9.63 Å². The van der Waals surface area contributed by atoms with E-state index in [1.807, 2.05) is 0 Å². The Morgan fingerprint density at radius 3 is 2.71 bits per heavy atom. The van der Waals surface area contributed by atoms with Crippen LogP contribution in [0.1, 0.15) is 23.8 Å². The van der Waals surface area contributed by atoms with Gasteiger partial charge in [0.1, 0.15) is 5.76 Å². The Labute approximate surface area is 78.5 Å². The maximum atomic E-state index is 12.4. The first-order chi connectivity index (χ1) is 6.50. The van der Waals surface area contributed by atoms with Crippen molar-refractivity contribution in [2.24, 2.45) is 0 Å². The van der Waals surface area contributed by atoms with E-state index in [9.17, 15) is 13.6 Å². The molecule has 0 spiro atoms. The van der Waals surface area contributed by atoms with Gasteiger partial charge in [0, 0.05) is 6.07 Å². The van der Waals surface area contributed by atoms with Crippen LogP contribution >= 0.6 is 0 Å². The molecule has 1 aromatic heterocycles. The number of hydrogen-bond donors (Lipinski definition) is 1. The Morgan fingerprint density at radius 1 is 1.71 bits per heavy atom. The lowest BCUT2D eigenvalue weighted by Crippen LogP contribution is -2.13. The minimum absolute atomic E-state index is 0.0834. The molecule has 1 heterocycles. The first-order valence-corrected chi connectivity index (χ1v) is 3.94. The predicted octanol–water partition coefficient (Wildman–Crippen LogP) is 1.81. The molecule has 0 amide bonds. The Bertz CT molecular complexity index is 324. The molecule has 0 aliphatic rings. The fourth-order valence-electron chi connectivity index (χ4n) is 1.06. The molecule has 0 bridgehead atoms. The average molecular weight is 205 g/mol. The minimum atomic E-state index is -2.77. The summed E-state index contributed by atoms with van der Waals surface area (Å²) in [5.41, 5.74) is 0.455. The Balaban J connectivity index is 2.82. The van der Waals surface area contributed by atoms with Crippen LogP contribution in [0.4, 0.5) is 8.78 Å². The number of nitrogens with zero attached hydrogens (tertiary/aromatic N) is 1. The zero-order valence-corrected chi connectivity index (χ0v) is 7.41. The summed E-state index contributed by atoms with van der Waals surface area (Å²) < 4.78 is 29.4. The fraction of sp³-hybridized carbons (Fsp3) is 0.500. The summed E-state index contributed by atoms with van der Waals surface area (Å²) in [5.74, 6) is -2.79. The summed E-state index contributed by atoms with van der Waals surface area (Å²) in [7, 11) is 0. The van der Waals surface area contributed by atoms with E-state index in [4.69, 9.17) is 5.11 Å². The van der Waals surface area contributed by atoms with Crippen molar-refractivity contribution in [2.75, 3.05) is 0 Å². The topological polar surface area (TPSA) is 63.3 Å². The van der Waals surface area contributed by atoms with Gasteiger partial charge in [0.15, 0.2) is 0 Å². The van der Waals surface area contributed by atoms with Gasteiger partial charge in [-0.05, 0) is 6.92 Å². The summed E-state index contributed by atoms with van der Waals surface area (Å²) in [6.45, 7) is 1.58. The Kier molecular flexibility index (Phi) is 3.16. The van der Waals surface area contributed by atoms with E-state index in [1.165, 1.54) is 6.07 Å². The normalized spacial score (nSPS) is 13.1. The van der Waals surface area contributed by atoms with Crippen molar-refractivity contribution in [1.82, 2.24) is 5.16 Å². The number of carboxylic acid groups (broad SMARTS) is 1.